The number of carbonyl (C=O) groups excluding carboxylic acids is 2. The zero-order valence-corrected chi connectivity index (χ0v) is 18.6. The van der Waals surface area contributed by atoms with Gasteiger partial charge in [-0.2, -0.15) is 17.5 Å². The Morgan fingerprint density at radius 1 is 0.939 bits per heavy atom. The average Bonchev–Trinajstić information content (AvgIpc) is 2.79. The predicted molar refractivity (Wildman–Crippen MR) is 113 cm³/mol. The predicted octanol–water partition coefficient (Wildman–Crippen LogP) is 2.56. The summed E-state index contributed by atoms with van der Waals surface area (Å²) in [6, 6.07) is 11.8. The molecular formula is C22H23F3N2O5S. The minimum absolute atomic E-state index is 0.0252. The van der Waals surface area contributed by atoms with Gasteiger partial charge in [0.05, 0.1) is 11.3 Å². The molecule has 0 spiro atoms. The molecule has 0 saturated carbocycles. The molecule has 0 aliphatic carbocycles. The Kier molecular flexibility index (Phi) is 6.96. The smallest absolute Gasteiger partial charge is 0.376 e. The van der Waals surface area contributed by atoms with Crippen molar-refractivity contribution < 1.29 is 36.3 Å². The normalized spacial score (nSPS) is 17.4. The second-order valence-corrected chi connectivity index (χ2v) is 9.70. The van der Waals surface area contributed by atoms with E-state index in [1.54, 1.807) is 0 Å². The Labute approximate surface area is 189 Å². The van der Waals surface area contributed by atoms with Crippen LogP contribution in [0.1, 0.15) is 29.3 Å². The summed E-state index contributed by atoms with van der Waals surface area (Å²) in [5.74, 6) is -1.14. The maximum atomic E-state index is 13.7. The molecule has 2 aromatic rings. The largest absolute Gasteiger partial charge is 0.421 e. The lowest BCUT2D eigenvalue weighted by molar-refractivity contribution is -0.268. The molecule has 1 amide bonds. The topological polar surface area (TPSA) is 95.0 Å². The third-order valence-corrected chi connectivity index (χ3v) is 7.53. The first kappa shape index (κ1) is 24.9. The lowest BCUT2D eigenvalue weighted by Crippen LogP contribution is -2.53. The number of carbonyl (C=O) groups is 2. The highest BCUT2D eigenvalue weighted by molar-refractivity contribution is 7.89. The van der Waals surface area contributed by atoms with Gasteiger partial charge in [-0.3, -0.25) is 9.59 Å². The maximum Gasteiger partial charge on any atom is 0.421 e. The first-order valence-corrected chi connectivity index (χ1v) is 11.5. The number of ketones is 1. The SMILES string of the molecule is CC(=O)c1ccc(S(=O)(=O)N2CCN(C(=O)CC(O)(c3ccccc3)C(F)(F)F)CC2)cc1. The fourth-order valence-corrected chi connectivity index (χ4v) is 5.02. The molecule has 0 bridgehead atoms. The standard InChI is InChI=1S/C22H23F3N2O5S/c1-16(28)17-7-9-19(10-8-17)33(31,32)27-13-11-26(12-14-27)20(29)15-21(30,22(23,24)25)18-5-3-2-4-6-18/h2-10,30H,11-15H2,1H3. The first-order chi connectivity index (χ1) is 15.4. The summed E-state index contributed by atoms with van der Waals surface area (Å²) in [6.45, 7) is 0.895. The van der Waals surface area contributed by atoms with Crippen LogP contribution in [0.15, 0.2) is 59.5 Å². The molecule has 3 rings (SSSR count). The van der Waals surface area contributed by atoms with Crippen molar-refractivity contribution in [1.82, 2.24) is 9.21 Å². The van der Waals surface area contributed by atoms with Gasteiger partial charge in [0.1, 0.15) is 0 Å². The molecule has 33 heavy (non-hydrogen) atoms. The number of piperazine rings is 1. The summed E-state index contributed by atoms with van der Waals surface area (Å²) in [4.78, 5) is 25.1. The summed E-state index contributed by atoms with van der Waals surface area (Å²) >= 11 is 0. The molecule has 1 atom stereocenters. The monoisotopic (exact) mass is 484 g/mol. The zero-order valence-electron chi connectivity index (χ0n) is 17.7. The molecule has 0 aromatic heterocycles. The van der Waals surface area contributed by atoms with Gasteiger partial charge in [-0.15, -0.1) is 0 Å². The number of Topliss-reactive ketones (excluding diaryl/α,β-unsaturated/α-hetero) is 1. The van der Waals surface area contributed by atoms with Crippen LogP contribution < -0.4 is 0 Å². The van der Waals surface area contributed by atoms with E-state index in [9.17, 15) is 36.3 Å². The van der Waals surface area contributed by atoms with Gasteiger partial charge in [0.2, 0.25) is 15.9 Å². The Hall–Kier alpha value is -2.76. The van der Waals surface area contributed by atoms with Gasteiger partial charge in [-0.1, -0.05) is 42.5 Å². The Bertz CT molecular complexity index is 1110. The molecule has 1 N–H and O–H groups in total. The van der Waals surface area contributed by atoms with Crippen molar-refractivity contribution in [1.29, 1.82) is 0 Å². The van der Waals surface area contributed by atoms with Crippen molar-refractivity contribution in [2.45, 2.75) is 30.0 Å². The van der Waals surface area contributed by atoms with Crippen molar-refractivity contribution in [3.05, 3.63) is 65.7 Å². The quantitative estimate of drug-likeness (QED) is 0.636. The maximum absolute atomic E-state index is 13.7. The van der Waals surface area contributed by atoms with Crippen LogP contribution in [-0.4, -0.2) is 66.8 Å². The third kappa shape index (κ3) is 5.10. The minimum Gasteiger partial charge on any atom is -0.376 e. The average molecular weight is 484 g/mol. The zero-order chi connectivity index (χ0) is 24.4. The molecular weight excluding hydrogens is 461 g/mol. The van der Waals surface area contributed by atoms with Gasteiger partial charge in [-0.05, 0) is 24.6 Å². The molecule has 1 saturated heterocycles. The van der Waals surface area contributed by atoms with Crippen molar-refractivity contribution in [2.75, 3.05) is 26.2 Å². The highest BCUT2D eigenvalue weighted by atomic mass is 32.2. The number of hydrogen-bond acceptors (Lipinski definition) is 5. The fraction of sp³-hybridized carbons (Fsp3) is 0.364. The van der Waals surface area contributed by atoms with E-state index in [4.69, 9.17) is 0 Å². The molecule has 0 radical (unpaired) electrons. The number of benzene rings is 2. The van der Waals surface area contributed by atoms with Gasteiger partial charge in [0, 0.05) is 31.7 Å². The molecule has 1 fully saturated rings. The van der Waals surface area contributed by atoms with Crippen molar-refractivity contribution >= 4 is 21.7 Å². The Morgan fingerprint density at radius 2 is 1.48 bits per heavy atom. The lowest BCUT2D eigenvalue weighted by Gasteiger charge is -2.37. The van der Waals surface area contributed by atoms with Crippen LogP contribution in [0.3, 0.4) is 0 Å². The van der Waals surface area contributed by atoms with Crippen LogP contribution in [0.4, 0.5) is 13.2 Å². The molecule has 11 heteroatoms. The molecule has 1 heterocycles. The van der Waals surface area contributed by atoms with Crippen LogP contribution in [0.25, 0.3) is 0 Å². The van der Waals surface area contributed by atoms with Crippen LogP contribution in [-0.2, 0) is 20.4 Å². The highest BCUT2D eigenvalue weighted by Gasteiger charge is 2.56. The van der Waals surface area contributed by atoms with Gasteiger partial charge in [0.25, 0.3) is 0 Å². The van der Waals surface area contributed by atoms with Crippen molar-refractivity contribution in [2.24, 2.45) is 0 Å². The summed E-state index contributed by atoms with van der Waals surface area (Å²) in [6.07, 6.45) is -6.29. The number of alkyl halides is 3. The van der Waals surface area contributed by atoms with Crippen molar-refractivity contribution in [3.63, 3.8) is 0 Å². The molecule has 178 valence electrons. The van der Waals surface area contributed by atoms with Crippen LogP contribution in [0.2, 0.25) is 0 Å². The van der Waals surface area contributed by atoms with Crippen LogP contribution in [0.5, 0.6) is 0 Å². The van der Waals surface area contributed by atoms with E-state index in [-0.39, 0.29) is 36.9 Å². The second-order valence-electron chi connectivity index (χ2n) is 7.77. The molecule has 1 aliphatic heterocycles. The Morgan fingerprint density at radius 3 is 1.97 bits per heavy atom. The number of rotatable bonds is 6. The lowest BCUT2D eigenvalue weighted by atomic mass is 9.89. The van der Waals surface area contributed by atoms with E-state index in [1.165, 1.54) is 49.4 Å². The number of sulfonamides is 1. The second kappa shape index (κ2) is 9.24. The third-order valence-electron chi connectivity index (χ3n) is 5.62. The number of aliphatic hydroxyl groups is 1. The van der Waals surface area contributed by atoms with Crippen LogP contribution >= 0.6 is 0 Å². The van der Waals surface area contributed by atoms with E-state index in [0.29, 0.717) is 5.56 Å². The number of halogens is 3. The Balaban J connectivity index is 1.70. The number of nitrogens with zero attached hydrogens (tertiary/aromatic N) is 2. The van der Waals surface area contributed by atoms with Crippen molar-refractivity contribution in [3.8, 4) is 0 Å². The first-order valence-electron chi connectivity index (χ1n) is 10.1. The summed E-state index contributed by atoms with van der Waals surface area (Å²) in [5, 5.41) is 10.4. The van der Waals surface area contributed by atoms with E-state index < -0.39 is 39.7 Å². The van der Waals surface area contributed by atoms with Gasteiger partial charge >= 0.3 is 6.18 Å². The minimum atomic E-state index is -5.08. The molecule has 1 unspecified atom stereocenters. The molecule has 7 nitrogen and oxygen atoms in total. The van der Waals surface area contributed by atoms with E-state index in [2.05, 4.69) is 0 Å². The summed E-state index contributed by atoms with van der Waals surface area (Å²) < 4.78 is 67.8. The number of hydrogen-bond donors (Lipinski definition) is 1. The van der Waals surface area contributed by atoms with Crippen LogP contribution in [0, 0.1) is 0 Å². The fourth-order valence-electron chi connectivity index (χ4n) is 3.60. The summed E-state index contributed by atoms with van der Waals surface area (Å²) in [7, 11) is -3.90. The highest BCUT2D eigenvalue weighted by Crippen LogP contribution is 2.42. The van der Waals surface area contributed by atoms with E-state index in [0.717, 1.165) is 21.3 Å². The molecule has 2 aromatic carbocycles. The summed E-state index contributed by atoms with van der Waals surface area (Å²) in [5.41, 5.74) is -3.44. The van der Waals surface area contributed by atoms with E-state index in [1.807, 2.05) is 0 Å². The number of amides is 1. The van der Waals surface area contributed by atoms with Gasteiger partial charge in [0.15, 0.2) is 11.4 Å². The molecule has 1 aliphatic rings. The van der Waals surface area contributed by atoms with Gasteiger partial charge < -0.3 is 10.0 Å². The van der Waals surface area contributed by atoms with Gasteiger partial charge in [-0.25, -0.2) is 8.42 Å². The van der Waals surface area contributed by atoms with E-state index >= 15 is 0 Å².